The van der Waals surface area contributed by atoms with E-state index < -0.39 is 36.4 Å². The van der Waals surface area contributed by atoms with E-state index in [0.29, 0.717) is 66.3 Å². The summed E-state index contributed by atoms with van der Waals surface area (Å²) in [6.07, 6.45) is 5.70. The molecule has 1 unspecified atom stereocenters. The van der Waals surface area contributed by atoms with Gasteiger partial charge in [-0.2, -0.15) is 0 Å². The molecule has 4 saturated carbocycles. The van der Waals surface area contributed by atoms with Crippen LogP contribution in [0.15, 0.2) is 47.3 Å². The number of hydrogen-bond donors (Lipinski definition) is 1. The Morgan fingerprint density at radius 2 is 1.60 bits per heavy atom. The first kappa shape index (κ1) is 42.9. The van der Waals surface area contributed by atoms with Crippen LogP contribution in [0.25, 0.3) is 5.57 Å². The molecular formula is C47H70O8. The summed E-state index contributed by atoms with van der Waals surface area (Å²) in [5, 5.41) is 12.5. The predicted octanol–water partition coefficient (Wildman–Crippen LogP) is 10.5. The van der Waals surface area contributed by atoms with Crippen LogP contribution in [-0.4, -0.2) is 50.3 Å². The molecule has 10 atom stereocenters. The Morgan fingerprint density at radius 1 is 0.927 bits per heavy atom. The zero-order valence-corrected chi connectivity index (χ0v) is 36.1. The lowest BCUT2D eigenvalue weighted by Gasteiger charge is -2.69. The summed E-state index contributed by atoms with van der Waals surface area (Å²) in [4.78, 5) is 27.2. The first-order valence-electron chi connectivity index (χ1n) is 20.6. The van der Waals surface area contributed by atoms with Gasteiger partial charge in [0.1, 0.15) is 6.10 Å². The third-order valence-electron chi connectivity index (χ3n) is 15.0. The zero-order chi connectivity index (χ0) is 40.8. The maximum Gasteiger partial charge on any atom is 0.336 e. The van der Waals surface area contributed by atoms with Crippen LogP contribution >= 0.6 is 0 Å². The Labute approximate surface area is 331 Å². The summed E-state index contributed by atoms with van der Waals surface area (Å²) in [5.74, 6) is 2.76. The van der Waals surface area contributed by atoms with E-state index in [1.165, 1.54) is 6.42 Å². The lowest BCUT2D eigenvalue weighted by atomic mass is 9.36. The van der Waals surface area contributed by atoms with Crippen molar-refractivity contribution in [3.8, 4) is 11.5 Å². The first-order valence-corrected chi connectivity index (χ1v) is 20.6. The van der Waals surface area contributed by atoms with Gasteiger partial charge in [0.15, 0.2) is 11.5 Å². The van der Waals surface area contributed by atoms with Gasteiger partial charge in [-0.25, -0.2) is 4.79 Å². The standard InChI is InChI=1S/C47H70O8/c1-27(2)32(31-15-18-37(51-13)38(23-31)52-14)16-17-33(42(49)53-26-54-43(50)44(7,8)9)40-35-24-36(48)41-45(10)21-19-29(5)30(6)34(45)20-22-46(41,11)47(35,12)25-39(40)55-28(3)4/h15,18,23,29-30,34-36,39,41,48H,3,16-17,19-22,24-26H2,1-2,4-14H3/b40-33-/t29-,30+,34+,35+,36-,39?,41+,45+,46+,47+/m1/s1. The largest absolute Gasteiger partial charge is 0.493 e. The van der Waals surface area contributed by atoms with Crippen LogP contribution in [0.1, 0.15) is 133 Å². The summed E-state index contributed by atoms with van der Waals surface area (Å²) in [6, 6.07) is 5.89. The van der Waals surface area contributed by atoms with Gasteiger partial charge >= 0.3 is 11.9 Å². The number of aliphatic hydroxyl groups is 1. The second-order valence-corrected chi connectivity index (χ2v) is 19.4. The number of carbonyl (C=O) groups is 2. The number of rotatable bonds is 11. The minimum atomic E-state index is -0.743. The number of methoxy groups -OCH3 is 2. The van der Waals surface area contributed by atoms with E-state index in [1.807, 2.05) is 25.1 Å². The van der Waals surface area contributed by atoms with E-state index in [-0.39, 0.29) is 28.1 Å². The van der Waals surface area contributed by atoms with Crippen molar-refractivity contribution >= 4 is 17.5 Å². The van der Waals surface area contributed by atoms with Crippen LogP contribution in [0, 0.1) is 51.2 Å². The fourth-order valence-electron chi connectivity index (χ4n) is 11.9. The van der Waals surface area contributed by atoms with Crippen LogP contribution in [0.2, 0.25) is 0 Å². The molecule has 0 radical (unpaired) electrons. The number of benzene rings is 1. The van der Waals surface area contributed by atoms with E-state index in [9.17, 15) is 14.7 Å². The van der Waals surface area contributed by atoms with Crippen LogP contribution < -0.4 is 9.47 Å². The van der Waals surface area contributed by atoms with E-state index in [1.54, 1.807) is 35.0 Å². The summed E-state index contributed by atoms with van der Waals surface area (Å²) in [6.45, 7) is 27.1. The van der Waals surface area contributed by atoms with Crippen molar-refractivity contribution in [3.05, 3.63) is 52.8 Å². The van der Waals surface area contributed by atoms with E-state index in [4.69, 9.17) is 23.7 Å². The normalized spacial score (nSPS) is 35.0. The molecule has 0 bridgehead atoms. The highest BCUT2D eigenvalue weighted by atomic mass is 16.7. The number of esters is 2. The molecule has 306 valence electrons. The van der Waals surface area contributed by atoms with Gasteiger partial charge in [0.2, 0.25) is 6.79 Å². The molecule has 0 saturated heterocycles. The van der Waals surface area contributed by atoms with Gasteiger partial charge in [-0.15, -0.1) is 0 Å². The average Bonchev–Trinajstić information content (AvgIpc) is 3.38. The maximum atomic E-state index is 14.6. The molecule has 0 aliphatic heterocycles. The predicted molar refractivity (Wildman–Crippen MR) is 217 cm³/mol. The second-order valence-electron chi connectivity index (χ2n) is 19.4. The number of ether oxygens (including phenoxy) is 5. The fourth-order valence-corrected chi connectivity index (χ4v) is 11.9. The van der Waals surface area contributed by atoms with Crippen molar-refractivity contribution in [1.82, 2.24) is 0 Å². The third-order valence-corrected chi connectivity index (χ3v) is 15.0. The molecule has 0 spiro atoms. The van der Waals surface area contributed by atoms with Gasteiger partial charge < -0.3 is 28.8 Å². The van der Waals surface area contributed by atoms with Crippen molar-refractivity contribution in [1.29, 1.82) is 0 Å². The van der Waals surface area contributed by atoms with Crippen molar-refractivity contribution in [2.75, 3.05) is 21.0 Å². The molecule has 55 heavy (non-hydrogen) atoms. The molecule has 4 fully saturated rings. The fraction of sp³-hybridized carbons (Fsp3) is 0.702. The molecule has 4 aliphatic rings. The Morgan fingerprint density at radius 3 is 2.20 bits per heavy atom. The van der Waals surface area contributed by atoms with Crippen LogP contribution in [0.5, 0.6) is 11.5 Å². The summed E-state index contributed by atoms with van der Waals surface area (Å²) in [5.41, 5.74) is 3.42. The van der Waals surface area contributed by atoms with Crippen molar-refractivity contribution in [2.24, 2.45) is 51.2 Å². The molecule has 8 nitrogen and oxygen atoms in total. The van der Waals surface area contributed by atoms with Crippen molar-refractivity contribution in [3.63, 3.8) is 0 Å². The molecule has 0 heterocycles. The number of fused-ring (bicyclic) bond motifs is 5. The monoisotopic (exact) mass is 763 g/mol. The smallest absolute Gasteiger partial charge is 0.336 e. The highest BCUT2D eigenvalue weighted by Gasteiger charge is 2.70. The molecule has 0 aromatic heterocycles. The Kier molecular flexibility index (Phi) is 12.4. The molecule has 1 N–H and O–H groups in total. The number of hydrogen-bond acceptors (Lipinski definition) is 8. The zero-order valence-electron chi connectivity index (χ0n) is 36.1. The first-order chi connectivity index (χ1) is 25.6. The van der Waals surface area contributed by atoms with Crippen molar-refractivity contribution in [2.45, 2.75) is 140 Å². The summed E-state index contributed by atoms with van der Waals surface area (Å²) in [7, 11) is 3.24. The minimum absolute atomic E-state index is 0.0277. The maximum absolute atomic E-state index is 14.6. The molecule has 1 aromatic carbocycles. The van der Waals surface area contributed by atoms with E-state index in [0.717, 1.165) is 41.5 Å². The van der Waals surface area contributed by atoms with Gasteiger partial charge in [0.25, 0.3) is 0 Å². The molecular weight excluding hydrogens is 693 g/mol. The van der Waals surface area contributed by atoms with Gasteiger partial charge in [-0.1, -0.05) is 52.8 Å². The van der Waals surface area contributed by atoms with Crippen molar-refractivity contribution < 1.29 is 38.4 Å². The molecule has 5 rings (SSSR count). The summed E-state index contributed by atoms with van der Waals surface area (Å²) >= 11 is 0. The highest BCUT2D eigenvalue weighted by Crippen LogP contribution is 2.74. The van der Waals surface area contributed by atoms with Crippen LogP contribution in [-0.2, 0) is 23.8 Å². The SMILES string of the molecule is C=C(C)OC1C[C@@]2(C)[C@@H](C[C@@H](O)[C@H]3[C@@]4(C)CC[C@@H](C)[C@H](C)[C@@H]4CC[C@@]32C)/C1=C(\CCC(=C(C)C)c1ccc(OC)c(OC)c1)C(=O)OCOC(=O)C(C)(C)C. The van der Waals surface area contributed by atoms with E-state index >= 15 is 0 Å². The Balaban J connectivity index is 1.61. The van der Waals surface area contributed by atoms with Crippen LogP contribution in [0.3, 0.4) is 0 Å². The lowest BCUT2D eigenvalue weighted by Crippen LogP contribution is -2.65. The quantitative estimate of drug-likeness (QED) is 0.103. The van der Waals surface area contributed by atoms with Gasteiger partial charge in [0, 0.05) is 5.57 Å². The second kappa shape index (κ2) is 15.9. The minimum Gasteiger partial charge on any atom is -0.493 e. The molecule has 8 heteroatoms. The van der Waals surface area contributed by atoms with Gasteiger partial charge in [-0.05, 0) is 168 Å². The number of aliphatic hydroxyl groups excluding tert-OH is 1. The lowest BCUT2D eigenvalue weighted by molar-refractivity contribution is -0.229. The van der Waals surface area contributed by atoms with E-state index in [2.05, 4.69) is 55.0 Å². The molecule has 1 aromatic rings. The topological polar surface area (TPSA) is 101 Å². The average molecular weight is 763 g/mol. The number of carbonyl (C=O) groups excluding carboxylic acids is 2. The van der Waals surface area contributed by atoms with Gasteiger partial charge in [-0.3, -0.25) is 4.79 Å². The summed E-state index contributed by atoms with van der Waals surface area (Å²) < 4.78 is 29.1. The highest BCUT2D eigenvalue weighted by molar-refractivity contribution is 5.90. The molecule has 0 amide bonds. The Hall–Kier alpha value is -3.26. The van der Waals surface area contributed by atoms with Gasteiger partial charge in [0.05, 0.1) is 31.5 Å². The Bertz CT molecular complexity index is 1690. The molecule has 4 aliphatic carbocycles. The third kappa shape index (κ3) is 7.75. The number of allylic oxidation sites excluding steroid dienone is 3. The van der Waals surface area contributed by atoms with Crippen LogP contribution in [0.4, 0.5) is 0 Å².